The molecule has 1 atom stereocenters. The van der Waals surface area contributed by atoms with Crippen molar-refractivity contribution in [1.82, 2.24) is 10.2 Å². The molecule has 1 fully saturated rings. The fraction of sp³-hybridized carbons (Fsp3) is 0.423. The molecule has 0 saturated carbocycles. The van der Waals surface area contributed by atoms with E-state index in [4.69, 9.17) is 9.47 Å². The summed E-state index contributed by atoms with van der Waals surface area (Å²) < 4.78 is 11.2. The van der Waals surface area contributed by atoms with Gasteiger partial charge in [-0.15, -0.1) is 0 Å². The van der Waals surface area contributed by atoms with Crippen molar-refractivity contribution >= 4 is 17.8 Å². The maximum Gasteiger partial charge on any atom is 0.308 e. The SMILES string of the molecule is CC(C)CCOc1ccccc1C(=O)N1CCNC(=O)C1CC(=O)OCCc1ccccc1. The predicted molar refractivity (Wildman–Crippen MR) is 125 cm³/mol. The van der Waals surface area contributed by atoms with Crippen LogP contribution in [-0.4, -0.2) is 55.0 Å². The van der Waals surface area contributed by atoms with Gasteiger partial charge >= 0.3 is 5.97 Å². The number of rotatable bonds is 10. The smallest absolute Gasteiger partial charge is 0.308 e. The van der Waals surface area contributed by atoms with E-state index in [1.807, 2.05) is 36.4 Å². The highest BCUT2D eigenvalue weighted by Crippen LogP contribution is 2.23. The Kier molecular flexibility index (Phi) is 8.87. The number of nitrogens with one attached hydrogen (secondary N) is 1. The Morgan fingerprint density at radius 2 is 1.79 bits per heavy atom. The second kappa shape index (κ2) is 12.0. The number of ether oxygens (including phenoxy) is 2. The summed E-state index contributed by atoms with van der Waals surface area (Å²) in [4.78, 5) is 39.8. The van der Waals surface area contributed by atoms with Gasteiger partial charge in [0, 0.05) is 19.5 Å². The first-order chi connectivity index (χ1) is 16.0. The molecule has 2 aromatic rings. The summed E-state index contributed by atoms with van der Waals surface area (Å²) in [6, 6.07) is 15.8. The lowest BCUT2D eigenvalue weighted by Gasteiger charge is -2.34. The fourth-order valence-corrected chi connectivity index (χ4v) is 3.63. The molecule has 1 N–H and O–H groups in total. The third-order valence-corrected chi connectivity index (χ3v) is 5.52. The van der Waals surface area contributed by atoms with Crippen LogP contribution in [-0.2, 0) is 20.7 Å². The molecule has 7 heteroatoms. The maximum absolute atomic E-state index is 13.4. The van der Waals surface area contributed by atoms with Crippen LogP contribution in [0.2, 0.25) is 0 Å². The van der Waals surface area contributed by atoms with E-state index in [-0.39, 0.29) is 24.8 Å². The van der Waals surface area contributed by atoms with Gasteiger partial charge in [-0.05, 0) is 30.0 Å². The van der Waals surface area contributed by atoms with Crippen LogP contribution in [0.4, 0.5) is 0 Å². The first kappa shape index (κ1) is 24.3. The average Bonchev–Trinajstić information content (AvgIpc) is 2.81. The van der Waals surface area contributed by atoms with E-state index < -0.39 is 12.0 Å². The van der Waals surface area contributed by atoms with Crippen molar-refractivity contribution in [3.63, 3.8) is 0 Å². The van der Waals surface area contributed by atoms with Gasteiger partial charge in [0.05, 0.1) is 25.2 Å². The Bertz CT molecular complexity index is 945. The van der Waals surface area contributed by atoms with Gasteiger partial charge in [-0.1, -0.05) is 56.3 Å². The van der Waals surface area contributed by atoms with Gasteiger partial charge in [0.1, 0.15) is 11.8 Å². The number of para-hydroxylation sites is 1. The van der Waals surface area contributed by atoms with Gasteiger partial charge in [0.15, 0.2) is 0 Å². The van der Waals surface area contributed by atoms with Gasteiger partial charge in [-0.3, -0.25) is 14.4 Å². The molecule has 33 heavy (non-hydrogen) atoms. The number of hydrogen-bond donors (Lipinski definition) is 1. The molecular weight excluding hydrogens is 420 g/mol. The Balaban J connectivity index is 1.64. The van der Waals surface area contributed by atoms with Gasteiger partial charge in [-0.2, -0.15) is 0 Å². The number of benzene rings is 2. The van der Waals surface area contributed by atoms with Crippen LogP contribution < -0.4 is 10.1 Å². The van der Waals surface area contributed by atoms with E-state index in [1.165, 1.54) is 4.90 Å². The van der Waals surface area contributed by atoms with Crippen molar-refractivity contribution in [3.05, 3.63) is 65.7 Å². The molecule has 3 rings (SSSR count). The summed E-state index contributed by atoms with van der Waals surface area (Å²) in [7, 11) is 0. The van der Waals surface area contributed by atoms with Crippen molar-refractivity contribution < 1.29 is 23.9 Å². The normalized spacial score (nSPS) is 15.8. The van der Waals surface area contributed by atoms with E-state index in [9.17, 15) is 14.4 Å². The van der Waals surface area contributed by atoms with Crippen LogP contribution in [0.15, 0.2) is 54.6 Å². The zero-order chi connectivity index (χ0) is 23.6. The fourth-order valence-electron chi connectivity index (χ4n) is 3.63. The molecule has 1 heterocycles. The van der Waals surface area contributed by atoms with Crippen molar-refractivity contribution in [3.8, 4) is 5.75 Å². The topological polar surface area (TPSA) is 84.9 Å². The average molecular weight is 453 g/mol. The third-order valence-electron chi connectivity index (χ3n) is 5.52. The number of esters is 1. The Morgan fingerprint density at radius 1 is 1.06 bits per heavy atom. The Labute approximate surface area is 195 Å². The summed E-state index contributed by atoms with van der Waals surface area (Å²) in [5.41, 5.74) is 1.45. The minimum atomic E-state index is -0.917. The van der Waals surface area contributed by atoms with Gasteiger partial charge in [-0.25, -0.2) is 0 Å². The number of carbonyl (C=O) groups is 3. The van der Waals surface area contributed by atoms with E-state index in [0.717, 1.165) is 12.0 Å². The molecule has 1 aliphatic rings. The minimum Gasteiger partial charge on any atom is -0.493 e. The molecule has 0 aromatic heterocycles. The first-order valence-electron chi connectivity index (χ1n) is 11.5. The number of carbonyl (C=O) groups excluding carboxylic acids is 3. The first-order valence-corrected chi connectivity index (χ1v) is 11.5. The zero-order valence-electron chi connectivity index (χ0n) is 19.3. The predicted octanol–water partition coefficient (Wildman–Crippen LogP) is 3.23. The molecule has 0 aliphatic carbocycles. The van der Waals surface area contributed by atoms with E-state index in [0.29, 0.717) is 43.3 Å². The van der Waals surface area contributed by atoms with Crippen molar-refractivity contribution in [2.24, 2.45) is 5.92 Å². The van der Waals surface area contributed by atoms with Crippen LogP contribution in [0, 0.1) is 5.92 Å². The molecule has 0 spiro atoms. The number of hydrogen-bond acceptors (Lipinski definition) is 5. The van der Waals surface area contributed by atoms with Gasteiger partial charge in [0.25, 0.3) is 5.91 Å². The number of piperazine rings is 1. The molecular formula is C26H32N2O5. The highest BCUT2D eigenvalue weighted by Gasteiger charge is 2.36. The lowest BCUT2D eigenvalue weighted by Crippen LogP contribution is -2.57. The van der Waals surface area contributed by atoms with E-state index >= 15 is 0 Å². The summed E-state index contributed by atoms with van der Waals surface area (Å²) in [6.07, 6.45) is 1.27. The van der Waals surface area contributed by atoms with Gasteiger partial charge in [0.2, 0.25) is 5.91 Å². The van der Waals surface area contributed by atoms with Crippen LogP contribution >= 0.6 is 0 Å². The lowest BCUT2D eigenvalue weighted by molar-refractivity contribution is -0.147. The monoisotopic (exact) mass is 452 g/mol. The molecule has 176 valence electrons. The van der Waals surface area contributed by atoms with Crippen LogP contribution in [0.25, 0.3) is 0 Å². The second-order valence-electron chi connectivity index (χ2n) is 8.49. The van der Waals surface area contributed by atoms with Crippen molar-refractivity contribution in [2.75, 3.05) is 26.3 Å². The molecule has 7 nitrogen and oxygen atoms in total. The second-order valence-corrected chi connectivity index (χ2v) is 8.49. The van der Waals surface area contributed by atoms with Crippen molar-refractivity contribution in [2.45, 2.75) is 39.2 Å². The molecule has 0 radical (unpaired) electrons. The Hall–Kier alpha value is -3.35. The Morgan fingerprint density at radius 3 is 2.55 bits per heavy atom. The number of nitrogens with zero attached hydrogens (tertiary/aromatic N) is 1. The van der Waals surface area contributed by atoms with E-state index in [2.05, 4.69) is 19.2 Å². The minimum absolute atomic E-state index is 0.192. The van der Waals surface area contributed by atoms with E-state index in [1.54, 1.807) is 18.2 Å². The lowest BCUT2D eigenvalue weighted by atomic mass is 10.1. The van der Waals surface area contributed by atoms with Crippen LogP contribution in [0.5, 0.6) is 5.75 Å². The molecule has 1 saturated heterocycles. The van der Waals surface area contributed by atoms with Gasteiger partial charge < -0.3 is 19.7 Å². The quantitative estimate of drug-likeness (QED) is 0.560. The zero-order valence-corrected chi connectivity index (χ0v) is 19.3. The highest BCUT2D eigenvalue weighted by molar-refractivity contribution is 6.01. The standard InChI is InChI=1S/C26H32N2O5/c1-19(2)12-16-32-23-11-7-6-10-21(23)26(31)28-15-14-27-25(30)22(28)18-24(29)33-17-13-20-8-4-3-5-9-20/h3-11,19,22H,12-18H2,1-2H3,(H,27,30). The summed E-state index contributed by atoms with van der Waals surface area (Å²) in [5.74, 6) is -0.221. The van der Waals surface area contributed by atoms with Crippen LogP contribution in [0.1, 0.15) is 42.6 Å². The van der Waals surface area contributed by atoms with Crippen molar-refractivity contribution in [1.29, 1.82) is 0 Å². The number of amides is 2. The summed E-state index contributed by atoms with van der Waals surface area (Å²) >= 11 is 0. The molecule has 1 aliphatic heterocycles. The third kappa shape index (κ3) is 7.07. The highest BCUT2D eigenvalue weighted by atomic mass is 16.5. The molecule has 2 amide bonds. The molecule has 2 aromatic carbocycles. The van der Waals surface area contributed by atoms with Crippen LogP contribution in [0.3, 0.4) is 0 Å². The molecule has 0 bridgehead atoms. The summed E-state index contributed by atoms with van der Waals surface area (Å²) in [6.45, 7) is 5.58. The maximum atomic E-state index is 13.4. The summed E-state index contributed by atoms with van der Waals surface area (Å²) in [5, 5.41) is 2.75. The molecule has 1 unspecified atom stereocenters. The largest absolute Gasteiger partial charge is 0.493 e.